The molecule has 1 aromatic carbocycles. The summed E-state index contributed by atoms with van der Waals surface area (Å²) in [6.45, 7) is 5.38. The maximum atomic E-state index is 11.5. The highest BCUT2D eigenvalue weighted by molar-refractivity contribution is 6.42. The highest BCUT2D eigenvalue weighted by Gasteiger charge is 2.34. The summed E-state index contributed by atoms with van der Waals surface area (Å²) in [5.74, 6) is -0.140. The van der Waals surface area contributed by atoms with E-state index in [9.17, 15) is 9.90 Å². The summed E-state index contributed by atoms with van der Waals surface area (Å²) in [5, 5.41) is 26.4. The molecule has 152 valence electrons. The highest BCUT2D eigenvalue weighted by atomic mass is 35.5. The van der Waals surface area contributed by atoms with Crippen molar-refractivity contribution in [2.75, 3.05) is 13.6 Å². The minimum absolute atomic E-state index is 0.222. The van der Waals surface area contributed by atoms with E-state index in [1.165, 1.54) is 0 Å². The second kappa shape index (κ2) is 11.9. The van der Waals surface area contributed by atoms with E-state index in [0.717, 1.165) is 37.9 Å². The molecule has 3 atom stereocenters. The summed E-state index contributed by atoms with van der Waals surface area (Å²) in [4.78, 5) is 13.7. The van der Waals surface area contributed by atoms with Crippen LogP contribution in [0, 0.1) is 17.8 Å². The fourth-order valence-corrected chi connectivity index (χ4v) is 3.70. The summed E-state index contributed by atoms with van der Waals surface area (Å²) in [5.41, 5.74) is 1.09. The molecular formula is C19H30BCl2NO4. The maximum Gasteiger partial charge on any atom is 0.451 e. The molecule has 5 nitrogen and oxygen atoms in total. The van der Waals surface area contributed by atoms with Crippen LogP contribution in [0.1, 0.15) is 38.7 Å². The zero-order chi connectivity index (χ0) is 20.6. The second-order valence-electron chi connectivity index (χ2n) is 7.46. The number of hydrogen-bond acceptors (Lipinski definition) is 4. The molecule has 1 aromatic rings. The molecule has 27 heavy (non-hydrogen) atoms. The lowest BCUT2D eigenvalue weighted by atomic mass is 9.74. The highest BCUT2D eigenvalue weighted by Crippen LogP contribution is 2.34. The monoisotopic (exact) mass is 417 g/mol. The molecule has 0 bridgehead atoms. The molecule has 1 aliphatic carbocycles. The first-order valence-corrected chi connectivity index (χ1v) is 10.1. The van der Waals surface area contributed by atoms with E-state index >= 15 is 0 Å². The van der Waals surface area contributed by atoms with E-state index in [4.69, 9.17) is 33.2 Å². The van der Waals surface area contributed by atoms with Gasteiger partial charge in [0.25, 0.3) is 0 Å². The summed E-state index contributed by atoms with van der Waals surface area (Å²) in [7, 11) is 0.911. The zero-order valence-corrected chi connectivity index (χ0v) is 17.7. The van der Waals surface area contributed by atoms with Crippen molar-refractivity contribution >= 4 is 36.3 Å². The van der Waals surface area contributed by atoms with Crippen LogP contribution in [-0.4, -0.2) is 46.7 Å². The molecule has 1 aliphatic rings. The van der Waals surface area contributed by atoms with E-state index in [1.807, 2.05) is 19.2 Å². The quantitative estimate of drug-likeness (QED) is 0.608. The third kappa shape index (κ3) is 8.84. The molecule has 0 radical (unpaired) electrons. The predicted molar refractivity (Wildman–Crippen MR) is 111 cm³/mol. The Bertz CT molecular complexity index is 603. The molecule has 8 heteroatoms. The van der Waals surface area contributed by atoms with Gasteiger partial charge in [-0.15, -0.1) is 0 Å². The van der Waals surface area contributed by atoms with Crippen molar-refractivity contribution in [1.29, 1.82) is 0 Å². The van der Waals surface area contributed by atoms with Gasteiger partial charge in [-0.05, 0) is 55.7 Å². The van der Waals surface area contributed by atoms with Crippen LogP contribution < -0.4 is 0 Å². The molecule has 0 spiro atoms. The van der Waals surface area contributed by atoms with E-state index in [0.29, 0.717) is 22.3 Å². The number of hydrogen-bond donors (Lipinski definition) is 3. The lowest BCUT2D eigenvalue weighted by Gasteiger charge is -2.34. The van der Waals surface area contributed by atoms with Gasteiger partial charge in [-0.3, -0.25) is 4.79 Å². The van der Waals surface area contributed by atoms with Crippen LogP contribution in [-0.2, 0) is 11.3 Å². The molecule has 0 amide bonds. The number of carbonyl (C=O) groups is 1. The number of aliphatic carboxylic acids is 1. The van der Waals surface area contributed by atoms with Crippen molar-refractivity contribution in [2.24, 2.45) is 17.8 Å². The molecule has 1 saturated carbocycles. The SMILES string of the molecule is CC1CC[C@@H](CN(C)Cc2ccc(Cl)c(Cl)c2)[C@@H](C(=O)O)C1.CCB(O)O. The van der Waals surface area contributed by atoms with Crippen LogP contribution >= 0.6 is 23.2 Å². The Morgan fingerprint density at radius 3 is 2.41 bits per heavy atom. The third-order valence-corrected chi connectivity index (χ3v) is 5.66. The normalized spacial score (nSPS) is 22.1. The van der Waals surface area contributed by atoms with Gasteiger partial charge in [0.1, 0.15) is 0 Å². The summed E-state index contributed by atoms with van der Waals surface area (Å²) < 4.78 is 0. The first kappa shape index (κ1) is 24.3. The fraction of sp³-hybridized carbons (Fsp3) is 0.632. The number of benzene rings is 1. The van der Waals surface area contributed by atoms with Gasteiger partial charge < -0.3 is 20.1 Å². The minimum atomic E-state index is -1.12. The molecule has 2 rings (SSSR count). The largest absolute Gasteiger partial charge is 0.481 e. The Balaban J connectivity index is 0.000000646. The van der Waals surface area contributed by atoms with Crippen LogP contribution in [0.15, 0.2) is 18.2 Å². The Kier molecular flexibility index (Phi) is 10.7. The zero-order valence-electron chi connectivity index (χ0n) is 16.2. The van der Waals surface area contributed by atoms with Crippen molar-refractivity contribution in [3.05, 3.63) is 33.8 Å². The van der Waals surface area contributed by atoms with E-state index < -0.39 is 13.1 Å². The van der Waals surface area contributed by atoms with Crippen molar-refractivity contribution in [1.82, 2.24) is 4.90 Å². The lowest BCUT2D eigenvalue weighted by Crippen LogP contribution is -2.37. The predicted octanol–water partition coefficient (Wildman–Crippen LogP) is 4.04. The number of rotatable bonds is 6. The minimum Gasteiger partial charge on any atom is -0.481 e. The molecule has 0 aromatic heterocycles. The summed E-state index contributed by atoms with van der Waals surface area (Å²) in [6.07, 6.45) is 3.32. The third-order valence-electron chi connectivity index (χ3n) is 4.92. The molecular weight excluding hydrogens is 388 g/mol. The second-order valence-corrected chi connectivity index (χ2v) is 8.27. The molecule has 1 fully saturated rings. The van der Waals surface area contributed by atoms with Gasteiger partial charge in [0, 0.05) is 13.1 Å². The molecule has 0 saturated heterocycles. The average molecular weight is 418 g/mol. The lowest BCUT2D eigenvalue weighted by molar-refractivity contribution is -0.146. The number of carboxylic acid groups (broad SMARTS) is 1. The smallest absolute Gasteiger partial charge is 0.451 e. The van der Waals surface area contributed by atoms with Gasteiger partial charge in [-0.1, -0.05) is 49.5 Å². The van der Waals surface area contributed by atoms with Crippen LogP contribution in [0.4, 0.5) is 0 Å². The van der Waals surface area contributed by atoms with Crippen molar-refractivity contribution < 1.29 is 19.9 Å². The summed E-state index contributed by atoms with van der Waals surface area (Å²) >= 11 is 12.0. The Labute approximate surface area is 172 Å². The van der Waals surface area contributed by atoms with Gasteiger partial charge in [0.05, 0.1) is 16.0 Å². The first-order chi connectivity index (χ1) is 12.6. The Morgan fingerprint density at radius 2 is 1.89 bits per heavy atom. The van der Waals surface area contributed by atoms with Crippen LogP contribution in [0.3, 0.4) is 0 Å². The van der Waals surface area contributed by atoms with Gasteiger partial charge in [-0.2, -0.15) is 0 Å². The van der Waals surface area contributed by atoms with E-state index in [2.05, 4.69) is 11.8 Å². The average Bonchev–Trinajstić information content (AvgIpc) is 2.60. The van der Waals surface area contributed by atoms with E-state index in [1.54, 1.807) is 13.0 Å². The number of carboxylic acids is 1. The Hall–Kier alpha value is -0.785. The van der Waals surface area contributed by atoms with Gasteiger partial charge in [0.15, 0.2) is 0 Å². The van der Waals surface area contributed by atoms with Gasteiger partial charge in [-0.25, -0.2) is 0 Å². The van der Waals surface area contributed by atoms with Crippen molar-refractivity contribution in [2.45, 2.75) is 46.0 Å². The van der Waals surface area contributed by atoms with Crippen LogP contribution in [0.5, 0.6) is 0 Å². The maximum absolute atomic E-state index is 11.5. The number of halogens is 2. The van der Waals surface area contributed by atoms with Gasteiger partial charge >= 0.3 is 13.1 Å². The fourth-order valence-electron chi connectivity index (χ4n) is 3.38. The van der Waals surface area contributed by atoms with Crippen LogP contribution in [0.25, 0.3) is 0 Å². The van der Waals surface area contributed by atoms with Crippen LogP contribution in [0.2, 0.25) is 16.4 Å². The Morgan fingerprint density at radius 1 is 1.26 bits per heavy atom. The van der Waals surface area contributed by atoms with Crippen molar-refractivity contribution in [3.63, 3.8) is 0 Å². The standard InChI is InChI=1S/C17H23Cl2NO2.C2H7BO2/c1-11-3-5-13(14(7-11)17(21)22)10-20(2)9-12-4-6-15(18)16(19)8-12;1-2-3(4)5/h4,6,8,11,13-14H,3,5,7,9-10H2,1-2H3,(H,21,22);4-5H,2H2,1H3/t11?,13-,14-;/m0./s1. The topological polar surface area (TPSA) is 81.0 Å². The molecule has 1 unspecified atom stereocenters. The first-order valence-electron chi connectivity index (χ1n) is 9.35. The number of nitrogens with zero attached hydrogens (tertiary/aromatic N) is 1. The molecule has 3 N–H and O–H groups in total. The summed E-state index contributed by atoms with van der Waals surface area (Å²) in [6, 6.07) is 5.63. The van der Waals surface area contributed by atoms with Gasteiger partial charge in [0.2, 0.25) is 0 Å². The molecule has 0 aliphatic heterocycles. The molecule has 0 heterocycles. The van der Waals surface area contributed by atoms with Crippen molar-refractivity contribution in [3.8, 4) is 0 Å². The van der Waals surface area contributed by atoms with E-state index in [-0.39, 0.29) is 11.8 Å².